The van der Waals surface area contributed by atoms with Gasteiger partial charge >= 0.3 is 0 Å². The molecule has 0 aliphatic heterocycles. The van der Waals surface area contributed by atoms with Crippen LogP contribution in [0.1, 0.15) is 67.2 Å². The Bertz CT molecular complexity index is 944. The van der Waals surface area contributed by atoms with E-state index in [-0.39, 0.29) is 16.6 Å². The van der Waals surface area contributed by atoms with Gasteiger partial charge in [0.05, 0.1) is 0 Å². The second-order valence-electron chi connectivity index (χ2n) is 8.01. The molecule has 1 nitrogen and oxygen atoms in total. The lowest BCUT2D eigenvalue weighted by molar-refractivity contribution is 0.101. The first kappa shape index (κ1) is 15.8. The fraction of sp³-hybridized carbons (Fsp3) is 0.318. The van der Waals surface area contributed by atoms with Gasteiger partial charge < -0.3 is 0 Å². The Kier molecular flexibility index (Phi) is 3.10. The van der Waals surface area contributed by atoms with Crippen LogP contribution in [0.3, 0.4) is 0 Å². The SMILES string of the molecule is CC(=O)c1ccc2c(c1)C(C)(C)C1=C2C(C)(C)c2cc(Br)ccc21. The van der Waals surface area contributed by atoms with Crippen molar-refractivity contribution in [3.63, 3.8) is 0 Å². The maximum Gasteiger partial charge on any atom is 0.159 e. The number of allylic oxidation sites excluding steroid dienone is 2. The predicted octanol–water partition coefficient (Wildman–Crippen LogP) is 6.14. The first-order valence-corrected chi connectivity index (χ1v) is 9.16. The number of benzene rings is 2. The van der Waals surface area contributed by atoms with Gasteiger partial charge in [-0.15, -0.1) is 0 Å². The topological polar surface area (TPSA) is 17.1 Å². The number of carbonyl (C=O) groups excluding carboxylic acids is 1. The molecule has 0 N–H and O–H groups in total. The number of ketones is 1. The summed E-state index contributed by atoms with van der Waals surface area (Å²) in [6.07, 6.45) is 0. The van der Waals surface area contributed by atoms with Crippen molar-refractivity contribution in [3.8, 4) is 0 Å². The zero-order chi connectivity index (χ0) is 17.4. The van der Waals surface area contributed by atoms with Crippen molar-refractivity contribution in [2.45, 2.75) is 45.4 Å². The number of hydrogen-bond acceptors (Lipinski definition) is 1. The molecule has 2 aromatic rings. The summed E-state index contributed by atoms with van der Waals surface area (Å²) in [6.45, 7) is 10.8. The monoisotopic (exact) mass is 380 g/mol. The van der Waals surface area contributed by atoms with Gasteiger partial charge in [-0.2, -0.15) is 0 Å². The predicted molar refractivity (Wildman–Crippen MR) is 103 cm³/mol. The van der Waals surface area contributed by atoms with Crippen LogP contribution in [0.2, 0.25) is 0 Å². The maximum absolute atomic E-state index is 11.8. The molecule has 0 radical (unpaired) electrons. The summed E-state index contributed by atoms with van der Waals surface area (Å²) in [5.74, 6) is 0.129. The number of Topliss-reactive ketones (excluding diaryl/α,β-unsaturated/α-hetero) is 1. The Hall–Kier alpha value is -1.67. The first-order valence-electron chi connectivity index (χ1n) is 8.37. The summed E-state index contributed by atoms with van der Waals surface area (Å²) >= 11 is 3.63. The van der Waals surface area contributed by atoms with Gasteiger partial charge in [-0.05, 0) is 58.5 Å². The molecule has 0 aromatic heterocycles. The lowest BCUT2D eigenvalue weighted by Crippen LogP contribution is -2.19. The molecular weight excluding hydrogens is 360 g/mol. The Morgan fingerprint density at radius 1 is 0.833 bits per heavy atom. The van der Waals surface area contributed by atoms with E-state index in [9.17, 15) is 4.79 Å². The van der Waals surface area contributed by atoms with Crippen molar-refractivity contribution >= 4 is 32.9 Å². The minimum Gasteiger partial charge on any atom is -0.295 e. The Labute approximate surface area is 151 Å². The van der Waals surface area contributed by atoms with E-state index in [0.29, 0.717) is 0 Å². The molecule has 2 aromatic carbocycles. The molecule has 0 unspecified atom stereocenters. The summed E-state index contributed by atoms with van der Waals surface area (Å²) in [4.78, 5) is 11.8. The third-order valence-electron chi connectivity index (χ3n) is 5.79. The van der Waals surface area contributed by atoms with Gasteiger partial charge in [-0.25, -0.2) is 0 Å². The molecule has 0 saturated carbocycles. The van der Waals surface area contributed by atoms with Crippen molar-refractivity contribution in [3.05, 3.63) is 68.7 Å². The number of halogens is 1. The number of carbonyl (C=O) groups is 1. The highest BCUT2D eigenvalue weighted by atomic mass is 79.9. The second kappa shape index (κ2) is 4.70. The van der Waals surface area contributed by atoms with E-state index < -0.39 is 0 Å². The van der Waals surface area contributed by atoms with Crippen LogP contribution < -0.4 is 0 Å². The van der Waals surface area contributed by atoms with Crippen LogP contribution >= 0.6 is 15.9 Å². The van der Waals surface area contributed by atoms with E-state index in [1.807, 2.05) is 6.07 Å². The van der Waals surface area contributed by atoms with Crippen LogP contribution in [-0.2, 0) is 10.8 Å². The van der Waals surface area contributed by atoms with E-state index in [2.05, 4.69) is 74.0 Å². The van der Waals surface area contributed by atoms with Crippen LogP contribution in [0.25, 0.3) is 11.1 Å². The lowest BCUT2D eigenvalue weighted by Gasteiger charge is -2.28. The smallest absolute Gasteiger partial charge is 0.159 e. The Morgan fingerprint density at radius 2 is 1.33 bits per heavy atom. The molecule has 2 aliphatic carbocycles. The van der Waals surface area contributed by atoms with Crippen molar-refractivity contribution in [1.29, 1.82) is 0 Å². The molecule has 0 saturated heterocycles. The minimum atomic E-state index is -0.0908. The normalized spacial score (nSPS) is 19.1. The van der Waals surface area contributed by atoms with Gasteiger partial charge in [0, 0.05) is 20.9 Å². The fourth-order valence-corrected chi connectivity index (χ4v) is 4.95. The second-order valence-corrected chi connectivity index (χ2v) is 8.92. The number of fused-ring (bicyclic) bond motifs is 4. The van der Waals surface area contributed by atoms with E-state index >= 15 is 0 Å². The summed E-state index contributed by atoms with van der Waals surface area (Å²) < 4.78 is 1.13. The maximum atomic E-state index is 11.8. The quantitative estimate of drug-likeness (QED) is 0.542. The molecule has 4 rings (SSSR count). The van der Waals surface area contributed by atoms with E-state index in [1.165, 1.54) is 33.4 Å². The molecule has 2 heteroatoms. The van der Waals surface area contributed by atoms with Crippen LogP contribution in [0.5, 0.6) is 0 Å². The standard InChI is InChI=1S/C22H21BrO/c1-12(24)13-6-8-15-17(10-13)21(2,3)20-16-9-7-14(23)11-18(16)22(4,5)19(15)20/h6-11H,1-5H3. The lowest BCUT2D eigenvalue weighted by atomic mass is 9.75. The fourth-order valence-electron chi connectivity index (χ4n) is 4.59. The molecule has 0 bridgehead atoms. The van der Waals surface area contributed by atoms with Gasteiger partial charge in [0.25, 0.3) is 0 Å². The zero-order valence-corrected chi connectivity index (χ0v) is 16.3. The van der Waals surface area contributed by atoms with Crippen molar-refractivity contribution < 1.29 is 4.79 Å². The highest BCUT2D eigenvalue weighted by molar-refractivity contribution is 9.10. The molecule has 0 atom stereocenters. The highest BCUT2D eigenvalue weighted by Gasteiger charge is 2.49. The number of rotatable bonds is 1. The molecule has 2 aliphatic rings. The van der Waals surface area contributed by atoms with E-state index in [4.69, 9.17) is 0 Å². The first-order chi connectivity index (χ1) is 11.2. The average Bonchev–Trinajstić information content (AvgIpc) is 2.88. The van der Waals surface area contributed by atoms with Crippen molar-refractivity contribution in [1.82, 2.24) is 0 Å². The van der Waals surface area contributed by atoms with Crippen LogP contribution in [0, 0.1) is 0 Å². The number of hydrogen-bond donors (Lipinski definition) is 0. The molecule has 0 spiro atoms. The summed E-state index contributed by atoms with van der Waals surface area (Å²) in [5.41, 5.74) is 8.84. The van der Waals surface area contributed by atoms with Gasteiger partial charge in [-0.1, -0.05) is 61.8 Å². The third kappa shape index (κ3) is 1.84. The largest absolute Gasteiger partial charge is 0.295 e. The van der Waals surface area contributed by atoms with Gasteiger partial charge in [0.15, 0.2) is 5.78 Å². The van der Waals surface area contributed by atoms with Crippen molar-refractivity contribution in [2.24, 2.45) is 0 Å². The van der Waals surface area contributed by atoms with Gasteiger partial charge in [0.2, 0.25) is 0 Å². The molecule has 122 valence electrons. The summed E-state index contributed by atoms with van der Waals surface area (Å²) in [6, 6.07) is 12.9. The van der Waals surface area contributed by atoms with E-state index in [0.717, 1.165) is 10.0 Å². The molecule has 24 heavy (non-hydrogen) atoms. The van der Waals surface area contributed by atoms with E-state index in [1.54, 1.807) is 6.92 Å². The minimum absolute atomic E-state index is 0.0330. The van der Waals surface area contributed by atoms with Gasteiger partial charge in [0.1, 0.15) is 0 Å². The average molecular weight is 381 g/mol. The molecule has 0 heterocycles. The zero-order valence-electron chi connectivity index (χ0n) is 14.8. The van der Waals surface area contributed by atoms with Crippen LogP contribution in [0.4, 0.5) is 0 Å². The Balaban J connectivity index is 2.03. The van der Waals surface area contributed by atoms with Gasteiger partial charge in [-0.3, -0.25) is 4.79 Å². The molecule has 0 fully saturated rings. The highest BCUT2D eigenvalue weighted by Crippen LogP contribution is 2.62. The molecule has 0 amide bonds. The van der Waals surface area contributed by atoms with Crippen molar-refractivity contribution in [2.75, 3.05) is 0 Å². The summed E-state index contributed by atoms with van der Waals surface area (Å²) in [5, 5.41) is 0. The van der Waals surface area contributed by atoms with Crippen LogP contribution in [-0.4, -0.2) is 5.78 Å². The molecular formula is C22H21BrO. The Morgan fingerprint density at radius 3 is 1.88 bits per heavy atom. The third-order valence-corrected chi connectivity index (χ3v) is 6.29. The van der Waals surface area contributed by atoms with Crippen LogP contribution in [0.15, 0.2) is 40.9 Å². The summed E-state index contributed by atoms with van der Waals surface area (Å²) in [7, 11) is 0.